The molecule has 0 unspecified atom stereocenters. The Morgan fingerprint density at radius 3 is 2.59 bits per heavy atom. The van der Waals surface area contributed by atoms with Crippen LogP contribution in [0.25, 0.3) is 11.3 Å². The molecular formula is C15H18N2. The summed E-state index contributed by atoms with van der Waals surface area (Å²) in [4.78, 5) is 3.59. The van der Waals surface area contributed by atoms with Crippen LogP contribution in [0.1, 0.15) is 22.4 Å². The Morgan fingerprint density at radius 1 is 1.12 bits per heavy atom. The highest BCUT2D eigenvalue weighted by atomic mass is 14.9. The quantitative estimate of drug-likeness (QED) is 0.768. The zero-order valence-corrected chi connectivity index (χ0v) is 10.4. The first-order valence-electron chi connectivity index (χ1n) is 6.24. The first-order valence-corrected chi connectivity index (χ1v) is 6.24. The predicted molar refractivity (Wildman–Crippen MR) is 71.1 cm³/mol. The summed E-state index contributed by atoms with van der Waals surface area (Å²) in [6, 6.07) is 8.79. The van der Waals surface area contributed by atoms with E-state index in [4.69, 9.17) is 0 Å². The van der Waals surface area contributed by atoms with Crippen molar-refractivity contribution >= 4 is 0 Å². The third-order valence-corrected chi connectivity index (χ3v) is 3.61. The summed E-state index contributed by atoms with van der Waals surface area (Å²) in [7, 11) is 0. The summed E-state index contributed by atoms with van der Waals surface area (Å²) in [5.41, 5.74) is 8.15. The number of aromatic nitrogens is 1. The highest BCUT2D eigenvalue weighted by molar-refractivity contribution is 5.69. The van der Waals surface area contributed by atoms with Crippen molar-refractivity contribution in [2.24, 2.45) is 0 Å². The minimum atomic E-state index is 0.997. The number of nitrogens with one attached hydrogen (secondary N) is 2. The van der Waals surface area contributed by atoms with Gasteiger partial charge in [0, 0.05) is 36.5 Å². The number of hydrogen-bond donors (Lipinski definition) is 2. The van der Waals surface area contributed by atoms with Crippen molar-refractivity contribution in [2.75, 3.05) is 6.54 Å². The number of H-pyrrole nitrogens is 1. The molecule has 1 aromatic carbocycles. The van der Waals surface area contributed by atoms with E-state index in [2.05, 4.69) is 48.4 Å². The first kappa shape index (κ1) is 10.6. The third kappa shape index (κ3) is 1.79. The molecule has 2 nitrogen and oxygen atoms in total. The van der Waals surface area contributed by atoms with Gasteiger partial charge in [0.2, 0.25) is 0 Å². The summed E-state index contributed by atoms with van der Waals surface area (Å²) < 4.78 is 0. The predicted octanol–water partition coefficient (Wildman–Crippen LogP) is 2.94. The van der Waals surface area contributed by atoms with Crippen LogP contribution in [0, 0.1) is 13.8 Å². The molecule has 0 radical (unpaired) electrons. The first-order chi connectivity index (χ1) is 8.25. The monoisotopic (exact) mass is 226 g/mol. The van der Waals surface area contributed by atoms with Crippen molar-refractivity contribution in [2.45, 2.75) is 26.8 Å². The number of fused-ring (bicyclic) bond motifs is 1. The lowest BCUT2D eigenvalue weighted by Crippen LogP contribution is -2.22. The van der Waals surface area contributed by atoms with Gasteiger partial charge in [-0.3, -0.25) is 0 Å². The van der Waals surface area contributed by atoms with Gasteiger partial charge in [0.15, 0.2) is 0 Å². The molecule has 3 rings (SSSR count). The number of hydrogen-bond acceptors (Lipinski definition) is 1. The lowest BCUT2D eigenvalue weighted by Gasteiger charge is -2.11. The molecule has 1 aliphatic heterocycles. The Morgan fingerprint density at radius 2 is 1.88 bits per heavy atom. The molecule has 1 aliphatic rings. The van der Waals surface area contributed by atoms with E-state index in [1.807, 2.05) is 0 Å². The van der Waals surface area contributed by atoms with Crippen molar-refractivity contribution in [1.29, 1.82) is 0 Å². The third-order valence-electron chi connectivity index (χ3n) is 3.61. The summed E-state index contributed by atoms with van der Waals surface area (Å²) in [5.74, 6) is 0. The molecule has 2 aromatic rings. The van der Waals surface area contributed by atoms with Gasteiger partial charge in [0.1, 0.15) is 0 Å². The van der Waals surface area contributed by atoms with Gasteiger partial charge in [0.25, 0.3) is 0 Å². The summed E-state index contributed by atoms with van der Waals surface area (Å²) in [6.07, 6.45) is 1.11. The van der Waals surface area contributed by atoms with E-state index in [0.717, 1.165) is 19.5 Å². The Labute approximate surface area is 102 Å². The van der Waals surface area contributed by atoms with Crippen molar-refractivity contribution in [1.82, 2.24) is 10.3 Å². The van der Waals surface area contributed by atoms with Gasteiger partial charge in [-0.15, -0.1) is 0 Å². The van der Waals surface area contributed by atoms with Crippen LogP contribution in [-0.2, 0) is 13.0 Å². The number of benzene rings is 1. The van der Waals surface area contributed by atoms with Crippen molar-refractivity contribution in [3.05, 3.63) is 46.6 Å². The molecule has 2 heterocycles. The fraction of sp³-hybridized carbons (Fsp3) is 0.333. The Bertz CT molecular complexity index is 508. The lowest BCUT2D eigenvalue weighted by atomic mass is 10.00. The summed E-state index contributed by atoms with van der Waals surface area (Å²) >= 11 is 0. The van der Waals surface area contributed by atoms with Gasteiger partial charge in [-0.05, 0) is 36.6 Å². The van der Waals surface area contributed by atoms with Crippen LogP contribution in [-0.4, -0.2) is 11.5 Å². The smallest absolute Gasteiger partial charge is 0.0464 e. The molecule has 0 saturated carbocycles. The molecule has 0 spiro atoms. The molecule has 17 heavy (non-hydrogen) atoms. The highest BCUT2D eigenvalue weighted by Gasteiger charge is 2.14. The van der Waals surface area contributed by atoms with E-state index in [9.17, 15) is 0 Å². The van der Waals surface area contributed by atoms with E-state index in [1.54, 1.807) is 0 Å². The van der Waals surface area contributed by atoms with Gasteiger partial charge in [-0.2, -0.15) is 0 Å². The van der Waals surface area contributed by atoms with E-state index in [1.165, 1.54) is 33.6 Å². The largest absolute Gasteiger partial charge is 0.358 e. The van der Waals surface area contributed by atoms with Crippen LogP contribution in [0.5, 0.6) is 0 Å². The van der Waals surface area contributed by atoms with Crippen LogP contribution in [0.4, 0.5) is 0 Å². The van der Waals surface area contributed by atoms with Crippen molar-refractivity contribution in [3.8, 4) is 11.3 Å². The molecule has 0 saturated heterocycles. The van der Waals surface area contributed by atoms with Crippen LogP contribution >= 0.6 is 0 Å². The second-order valence-electron chi connectivity index (χ2n) is 4.88. The van der Waals surface area contributed by atoms with Gasteiger partial charge in [-0.1, -0.05) is 18.2 Å². The zero-order valence-electron chi connectivity index (χ0n) is 10.4. The average Bonchev–Trinajstić information content (AvgIpc) is 2.71. The fourth-order valence-electron chi connectivity index (χ4n) is 2.73. The van der Waals surface area contributed by atoms with Gasteiger partial charge >= 0.3 is 0 Å². The van der Waals surface area contributed by atoms with Crippen LogP contribution in [0.3, 0.4) is 0 Å². The molecule has 0 bridgehead atoms. The average molecular weight is 226 g/mol. The Hall–Kier alpha value is -1.54. The van der Waals surface area contributed by atoms with Gasteiger partial charge in [0.05, 0.1) is 0 Å². The van der Waals surface area contributed by atoms with E-state index in [-0.39, 0.29) is 0 Å². The molecule has 0 aliphatic carbocycles. The van der Waals surface area contributed by atoms with E-state index >= 15 is 0 Å². The fourth-order valence-corrected chi connectivity index (χ4v) is 2.73. The number of aromatic amines is 1. The normalized spacial score (nSPS) is 14.7. The zero-order chi connectivity index (χ0) is 11.8. The highest BCUT2D eigenvalue weighted by Crippen LogP contribution is 2.29. The standard InChI is InChI=1S/C15H18N2/c1-10-4-3-5-11(2)15(10)14-8-12-9-16-7-6-13(12)17-14/h3-5,8,16-17H,6-7,9H2,1-2H3. The molecule has 88 valence electrons. The minimum Gasteiger partial charge on any atom is -0.358 e. The van der Waals surface area contributed by atoms with Crippen molar-refractivity contribution < 1.29 is 0 Å². The maximum atomic E-state index is 3.59. The van der Waals surface area contributed by atoms with Crippen molar-refractivity contribution in [3.63, 3.8) is 0 Å². The van der Waals surface area contributed by atoms with Gasteiger partial charge in [-0.25, -0.2) is 0 Å². The Balaban J connectivity index is 2.12. The molecule has 2 N–H and O–H groups in total. The second kappa shape index (κ2) is 4.04. The molecule has 0 amide bonds. The molecule has 2 heteroatoms. The second-order valence-corrected chi connectivity index (χ2v) is 4.88. The molecule has 1 aromatic heterocycles. The minimum absolute atomic E-state index is 0.997. The number of aryl methyl sites for hydroxylation is 2. The maximum Gasteiger partial charge on any atom is 0.0464 e. The summed E-state index contributed by atoms with van der Waals surface area (Å²) in [6.45, 7) is 6.44. The molecular weight excluding hydrogens is 208 g/mol. The van der Waals surface area contributed by atoms with E-state index < -0.39 is 0 Å². The van der Waals surface area contributed by atoms with Crippen LogP contribution < -0.4 is 5.32 Å². The van der Waals surface area contributed by atoms with Gasteiger partial charge < -0.3 is 10.3 Å². The molecule has 0 atom stereocenters. The van der Waals surface area contributed by atoms with Crippen LogP contribution in [0.15, 0.2) is 24.3 Å². The number of rotatable bonds is 1. The Kier molecular flexibility index (Phi) is 2.52. The summed E-state index contributed by atoms with van der Waals surface area (Å²) in [5, 5.41) is 3.41. The maximum absolute atomic E-state index is 3.59. The molecule has 0 fully saturated rings. The lowest BCUT2D eigenvalue weighted by molar-refractivity contribution is 0.638. The topological polar surface area (TPSA) is 27.8 Å². The SMILES string of the molecule is Cc1cccc(C)c1-c1cc2c([nH]1)CCNC2. The van der Waals surface area contributed by atoms with Crippen LogP contribution in [0.2, 0.25) is 0 Å². The van der Waals surface area contributed by atoms with E-state index in [0.29, 0.717) is 0 Å².